The van der Waals surface area contributed by atoms with Crippen molar-refractivity contribution in [1.82, 2.24) is 10.6 Å². The van der Waals surface area contributed by atoms with Crippen molar-refractivity contribution in [3.05, 3.63) is 22.7 Å². The zero-order valence-corrected chi connectivity index (χ0v) is 13.6. The van der Waals surface area contributed by atoms with Gasteiger partial charge in [0, 0.05) is 19.1 Å². The van der Waals surface area contributed by atoms with E-state index in [9.17, 15) is 0 Å². The number of halogens is 1. The Morgan fingerprint density at radius 1 is 1.32 bits per heavy atom. The molecule has 3 rings (SSSR count). The van der Waals surface area contributed by atoms with Crippen molar-refractivity contribution < 1.29 is 9.47 Å². The Bertz CT molecular complexity index is 559. The van der Waals surface area contributed by atoms with E-state index in [1.54, 1.807) is 0 Å². The van der Waals surface area contributed by atoms with Gasteiger partial charge in [-0.25, -0.2) is 0 Å². The highest BCUT2D eigenvalue weighted by Gasteiger charge is 2.22. The maximum atomic E-state index is 6.25. The van der Waals surface area contributed by atoms with Crippen LogP contribution < -0.4 is 20.1 Å². The molecule has 1 aliphatic heterocycles. The largest absolute Gasteiger partial charge is 0.486 e. The fraction of sp³-hybridized carbons (Fsp3) is 0.562. The molecule has 0 saturated heterocycles. The predicted octanol–water partition coefficient (Wildman–Crippen LogP) is 2.37. The van der Waals surface area contributed by atoms with Gasteiger partial charge in [-0.1, -0.05) is 11.6 Å². The molecule has 0 unspecified atom stereocenters. The van der Waals surface area contributed by atoms with Crippen LogP contribution >= 0.6 is 11.6 Å². The summed E-state index contributed by atoms with van der Waals surface area (Å²) in [5, 5.41) is 7.29. The minimum absolute atomic E-state index is 0.551. The van der Waals surface area contributed by atoms with Crippen LogP contribution in [-0.2, 0) is 6.42 Å². The van der Waals surface area contributed by atoms with Gasteiger partial charge in [-0.05, 0) is 43.9 Å². The number of nitrogens with zero attached hydrogens (tertiary/aromatic N) is 1. The Balaban J connectivity index is 1.61. The van der Waals surface area contributed by atoms with Crippen LogP contribution in [0.25, 0.3) is 0 Å². The molecule has 1 aliphatic carbocycles. The van der Waals surface area contributed by atoms with Crippen LogP contribution in [0.4, 0.5) is 0 Å². The molecule has 6 heteroatoms. The lowest BCUT2D eigenvalue weighted by Gasteiger charge is -2.20. The van der Waals surface area contributed by atoms with E-state index in [1.165, 1.54) is 12.8 Å². The summed E-state index contributed by atoms with van der Waals surface area (Å²) in [6.07, 6.45) is 3.29. The van der Waals surface area contributed by atoms with E-state index in [1.807, 2.05) is 12.1 Å². The van der Waals surface area contributed by atoms with Gasteiger partial charge in [0.05, 0.1) is 5.02 Å². The molecule has 0 amide bonds. The summed E-state index contributed by atoms with van der Waals surface area (Å²) in [7, 11) is 0. The number of benzene rings is 1. The molecule has 0 atom stereocenters. The molecule has 0 aromatic heterocycles. The number of hydrogen-bond acceptors (Lipinski definition) is 3. The zero-order chi connectivity index (χ0) is 15.4. The molecule has 0 radical (unpaired) electrons. The third-order valence-corrected chi connectivity index (χ3v) is 3.87. The van der Waals surface area contributed by atoms with Gasteiger partial charge < -0.3 is 20.1 Å². The third-order valence-electron chi connectivity index (χ3n) is 3.59. The van der Waals surface area contributed by atoms with Crippen molar-refractivity contribution in [1.29, 1.82) is 0 Å². The van der Waals surface area contributed by atoms with Crippen LogP contribution in [0.15, 0.2) is 17.1 Å². The van der Waals surface area contributed by atoms with E-state index in [2.05, 4.69) is 22.5 Å². The first-order chi connectivity index (χ1) is 10.8. The number of hydrogen-bond donors (Lipinski definition) is 2. The molecule has 1 aromatic carbocycles. The second-order valence-electron chi connectivity index (χ2n) is 5.53. The number of nitrogens with one attached hydrogen (secondary N) is 2. The molecule has 2 N–H and O–H groups in total. The maximum Gasteiger partial charge on any atom is 0.191 e. The summed E-state index contributed by atoms with van der Waals surface area (Å²) in [4.78, 5) is 4.61. The van der Waals surface area contributed by atoms with Crippen molar-refractivity contribution in [2.24, 2.45) is 4.99 Å². The first-order valence-electron chi connectivity index (χ1n) is 7.89. The van der Waals surface area contributed by atoms with Gasteiger partial charge in [0.25, 0.3) is 0 Å². The monoisotopic (exact) mass is 323 g/mol. The van der Waals surface area contributed by atoms with Gasteiger partial charge in [-0.15, -0.1) is 0 Å². The topological polar surface area (TPSA) is 54.9 Å². The Morgan fingerprint density at radius 2 is 2.14 bits per heavy atom. The molecule has 0 bridgehead atoms. The van der Waals surface area contributed by atoms with Crippen LogP contribution in [0.5, 0.6) is 11.5 Å². The lowest BCUT2D eigenvalue weighted by Crippen LogP contribution is -2.38. The molecular weight excluding hydrogens is 302 g/mol. The average molecular weight is 324 g/mol. The third kappa shape index (κ3) is 3.97. The first-order valence-corrected chi connectivity index (χ1v) is 8.27. The summed E-state index contributed by atoms with van der Waals surface area (Å²) < 4.78 is 11.1. The van der Waals surface area contributed by atoms with E-state index in [4.69, 9.17) is 21.1 Å². The van der Waals surface area contributed by atoms with Gasteiger partial charge in [-0.2, -0.15) is 0 Å². The summed E-state index contributed by atoms with van der Waals surface area (Å²) >= 11 is 6.25. The maximum absolute atomic E-state index is 6.25. The minimum atomic E-state index is 0.551. The molecule has 0 spiro atoms. The van der Waals surface area contributed by atoms with E-state index < -0.39 is 0 Å². The van der Waals surface area contributed by atoms with Crippen LogP contribution in [0.2, 0.25) is 5.02 Å². The quantitative estimate of drug-likeness (QED) is 0.645. The van der Waals surface area contributed by atoms with Gasteiger partial charge in [0.1, 0.15) is 13.2 Å². The highest BCUT2D eigenvalue weighted by Crippen LogP contribution is 2.38. The lowest BCUT2D eigenvalue weighted by molar-refractivity contribution is 0.171. The summed E-state index contributed by atoms with van der Waals surface area (Å²) in [6, 6.07) is 4.53. The van der Waals surface area contributed by atoms with E-state index in [-0.39, 0.29) is 0 Å². The number of fused-ring (bicyclic) bond motifs is 1. The Morgan fingerprint density at radius 3 is 2.91 bits per heavy atom. The van der Waals surface area contributed by atoms with E-state index in [0.29, 0.717) is 36.6 Å². The van der Waals surface area contributed by atoms with Crippen molar-refractivity contribution in [2.75, 3.05) is 26.3 Å². The first kappa shape index (κ1) is 15.3. The number of ether oxygens (including phenoxy) is 2. The highest BCUT2D eigenvalue weighted by molar-refractivity contribution is 6.32. The van der Waals surface area contributed by atoms with E-state index >= 15 is 0 Å². The molecule has 120 valence electrons. The second-order valence-corrected chi connectivity index (χ2v) is 5.94. The van der Waals surface area contributed by atoms with Crippen molar-refractivity contribution in [3.63, 3.8) is 0 Å². The van der Waals surface area contributed by atoms with Crippen molar-refractivity contribution in [2.45, 2.75) is 32.2 Å². The van der Waals surface area contributed by atoms with Crippen molar-refractivity contribution in [3.8, 4) is 11.5 Å². The zero-order valence-electron chi connectivity index (χ0n) is 12.8. The molecule has 1 aromatic rings. The molecule has 2 aliphatic rings. The van der Waals surface area contributed by atoms with Crippen LogP contribution in [0, 0.1) is 0 Å². The second kappa shape index (κ2) is 7.09. The van der Waals surface area contributed by atoms with Gasteiger partial charge in [0.2, 0.25) is 0 Å². The Hall–Kier alpha value is -1.62. The Labute approximate surface area is 136 Å². The lowest BCUT2D eigenvalue weighted by atomic mass is 10.1. The predicted molar refractivity (Wildman–Crippen MR) is 88.3 cm³/mol. The van der Waals surface area contributed by atoms with Crippen molar-refractivity contribution >= 4 is 17.6 Å². The molecule has 1 saturated carbocycles. The summed E-state index contributed by atoms with van der Waals surface area (Å²) in [6.45, 7) is 4.77. The molecule has 5 nitrogen and oxygen atoms in total. The van der Waals surface area contributed by atoms with E-state index in [0.717, 1.165) is 30.2 Å². The van der Waals surface area contributed by atoms with Gasteiger partial charge >= 0.3 is 0 Å². The summed E-state index contributed by atoms with van der Waals surface area (Å²) in [5.41, 5.74) is 1.11. The molecule has 1 fully saturated rings. The summed E-state index contributed by atoms with van der Waals surface area (Å²) in [5.74, 6) is 2.29. The Kier molecular flexibility index (Phi) is 4.93. The van der Waals surface area contributed by atoms with Gasteiger partial charge in [-0.3, -0.25) is 4.99 Å². The van der Waals surface area contributed by atoms with Gasteiger partial charge in [0.15, 0.2) is 17.5 Å². The van der Waals surface area contributed by atoms with Crippen LogP contribution in [0.3, 0.4) is 0 Å². The minimum Gasteiger partial charge on any atom is -0.486 e. The fourth-order valence-electron chi connectivity index (χ4n) is 2.35. The smallest absolute Gasteiger partial charge is 0.191 e. The normalized spacial score (nSPS) is 17.3. The standard InChI is InChI=1S/C16H22ClN3O2/c1-2-18-16(20-12-3-4-12)19-6-5-11-9-13(17)15-14(10-11)21-7-8-22-15/h9-10,12H,2-8H2,1H3,(H2,18,19,20). The average Bonchev–Trinajstić information content (AvgIpc) is 3.31. The number of rotatable bonds is 5. The highest BCUT2D eigenvalue weighted by atomic mass is 35.5. The molecule has 1 heterocycles. The van der Waals surface area contributed by atoms with Crippen LogP contribution in [-0.4, -0.2) is 38.3 Å². The fourth-order valence-corrected chi connectivity index (χ4v) is 2.63. The number of aliphatic imine (C=N–C) groups is 1. The molecular formula is C16H22ClN3O2. The molecule has 22 heavy (non-hydrogen) atoms. The SMILES string of the molecule is CCNC(=NCCc1cc(Cl)c2c(c1)OCCO2)NC1CC1. The van der Waals surface area contributed by atoms with Crippen LogP contribution in [0.1, 0.15) is 25.3 Å². The number of guanidine groups is 1.